The zero-order valence-electron chi connectivity index (χ0n) is 6.52. The Morgan fingerprint density at radius 1 is 1.08 bits per heavy atom. The standard InChI is InChI=1S/C8H7O4P/c9-7(10)4-2-1-3-5(6(4)13)8(11)12/h1-3H,13H2,(H,9,10)(H,11,12). The number of rotatable bonds is 2. The normalized spacial score (nSPS) is 9.62. The van der Waals surface area contributed by atoms with Crippen LogP contribution in [-0.4, -0.2) is 22.2 Å². The summed E-state index contributed by atoms with van der Waals surface area (Å²) in [5.41, 5.74) is -0.0187. The van der Waals surface area contributed by atoms with Gasteiger partial charge in [0.1, 0.15) is 0 Å². The number of carboxylic acids is 2. The summed E-state index contributed by atoms with van der Waals surface area (Å²) in [5.74, 6) is -2.26. The van der Waals surface area contributed by atoms with Crippen molar-refractivity contribution in [3.8, 4) is 0 Å². The van der Waals surface area contributed by atoms with Crippen molar-refractivity contribution in [1.82, 2.24) is 0 Å². The lowest BCUT2D eigenvalue weighted by molar-refractivity contribution is 0.0696. The van der Waals surface area contributed by atoms with Crippen LogP contribution in [0.1, 0.15) is 20.7 Å². The fraction of sp³-hybridized carbons (Fsp3) is 0. The maximum Gasteiger partial charge on any atom is 0.336 e. The van der Waals surface area contributed by atoms with Gasteiger partial charge in [-0.2, -0.15) is 0 Å². The summed E-state index contributed by atoms with van der Waals surface area (Å²) < 4.78 is 0. The predicted octanol–water partition coefficient (Wildman–Crippen LogP) is 0.583. The first kappa shape index (κ1) is 9.68. The van der Waals surface area contributed by atoms with Crippen molar-refractivity contribution in [2.75, 3.05) is 0 Å². The molecule has 68 valence electrons. The molecule has 0 saturated carbocycles. The van der Waals surface area contributed by atoms with E-state index in [0.29, 0.717) is 0 Å². The van der Waals surface area contributed by atoms with E-state index in [1.54, 1.807) is 0 Å². The Labute approximate surface area is 76.4 Å². The molecule has 1 aromatic carbocycles. The number of carboxylic acid groups (broad SMARTS) is 2. The maximum absolute atomic E-state index is 10.6. The topological polar surface area (TPSA) is 74.6 Å². The van der Waals surface area contributed by atoms with Gasteiger partial charge >= 0.3 is 11.9 Å². The molecule has 0 aliphatic carbocycles. The van der Waals surface area contributed by atoms with Gasteiger partial charge in [-0.05, 0) is 17.4 Å². The Balaban J connectivity index is 3.35. The second-order valence-electron chi connectivity index (χ2n) is 2.38. The van der Waals surface area contributed by atoms with Crippen LogP contribution < -0.4 is 5.30 Å². The minimum atomic E-state index is -1.13. The van der Waals surface area contributed by atoms with Crippen molar-refractivity contribution >= 4 is 26.5 Å². The quantitative estimate of drug-likeness (QED) is 0.681. The van der Waals surface area contributed by atoms with Crippen LogP contribution in [0.25, 0.3) is 0 Å². The molecule has 0 amide bonds. The van der Waals surface area contributed by atoms with E-state index in [2.05, 4.69) is 9.24 Å². The maximum atomic E-state index is 10.6. The van der Waals surface area contributed by atoms with Gasteiger partial charge < -0.3 is 10.2 Å². The third-order valence-electron chi connectivity index (χ3n) is 1.57. The summed E-state index contributed by atoms with van der Waals surface area (Å²) in [4.78, 5) is 21.2. The minimum absolute atomic E-state index is 0.00935. The molecule has 1 rings (SSSR count). The van der Waals surface area contributed by atoms with Crippen molar-refractivity contribution in [2.45, 2.75) is 0 Å². The van der Waals surface area contributed by atoms with Gasteiger partial charge in [-0.25, -0.2) is 9.59 Å². The first-order chi connectivity index (χ1) is 6.04. The van der Waals surface area contributed by atoms with Crippen LogP contribution in [0, 0.1) is 0 Å². The number of carbonyl (C=O) groups is 2. The molecule has 2 N–H and O–H groups in total. The molecular formula is C8H7O4P. The number of hydrogen-bond donors (Lipinski definition) is 2. The van der Waals surface area contributed by atoms with Crippen molar-refractivity contribution in [2.24, 2.45) is 0 Å². The Hall–Kier alpha value is -1.41. The van der Waals surface area contributed by atoms with Crippen LogP contribution in [0.4, 0.5) is 0 Å². The Morgan fingerprint density at radius 2 is 1.46 bits per heavy atom. The fourth-order valence-corrected chi connectivity index (χ4v) is 1.38. The van der Waals surface area contributed by atoms with E-state index in [1.165, 1.54) is 18.2 Å². The zero-order chi connectivity index (χ0) is 10.0. The van der Waals surface area contributed by atoms with Crippen LogP contribution in [0.3, 0.4) is 0 Å². The third kappa shape index (κ3) is 1.84. The molecule has 1 atom stereocenters. The average molecular weight is 198 g/mol. The molecule has 0 aliphatic rings. The SMILES string of the molecule is O=C(O)c1cccc(C(=O)O)c1P. The molecular weight excluding hydrogens is 191 g/mol. The summed E-state index contributed by atoms with van der Waals surface area (Å²) in [7, 11) is 2.12. The molecule has 0 bridgehead atoms. The van der Waals surface area contributed by atoms with Crippen LogP contribution in [0.2, 0.25) is 0 Å². The summed E-state index contributed by atoms with van der Waals surface area (Å²) in [6, 6.07) is 4.12. The van der Waals surface area contributed by atoms with Gasteiger partial charge in [0.15, 0.2) is 0 Å². The highest BCUT2D eigenvalue weighted by Gasteiger charge is 2.13. The van der Waals surface area contributed by atoms with Crippen molar-refractivity contribution < 1.29 is 19.8 Å². The van der Waals surface area contributed by atoms with E-state index in [9.17, 15) is 9.59 Å². The second kappa shape index (κ2) is 3.54. The number of hydrogen-bond acceptors (Lipinski definition) is 2. The molecule has 5 heteroatoms. The van der Waals surface area contributed by atoms with Crippen molar-refractivity contribution in [1.29, 1.82) is 0 Å². The minimum Gasteiger partial charge on any atom is -0.478 e. The number of aromatic carboxylic acids is 2. The predicted molar refractivity (Wildman–Crippen MR) is 49.7 cm³/mol. The Kier molecular flexibility index (Phi) is 2.63. The molecule has 0 heterocycles. The van der Waals surface area contributed by atoms with E-state index in [0.717, 1.165) is 0 Å². The van der Waals surface area contributed by atoms with Gasteiger partial charge in [0, 0.05) is 0 Å². The highest BCUT2D eigenvalue weighted by Crippen LogP contribution is 2.06. The lowest BCUT2D eigenvalue weighted by Gasteiger charge is -2.03. The molecule has 0 radical (unpaired) electrons. The Bertz CT molecular complexity index is 340. The van der Waals surface area contributed by atoms with Crippen LogP contribution in [0.5, 0.6) is 0 Å². The van der Waals surface area contributed by atoms with Crippen molar-refractivity contribution in [3.63, 3.8) is 0 Å². The van der Waals surface area contributed by atoms with E-state index < -0.39 is 11.9 Å². The van der Waals surface area contributed by atoms with Gasteiger partial charge in [-0.3, -0.25) is 0 Å². The first-order valence-electron chi connectivity index (χ1n) is 3.39. The van der Waals surface area contributed by atoms with Gasteiger partial charge in [0.25, 0.3) is 0 Å². The lowest BCUT2D eigenvalue weighted by Crippen LogP contribution is -2.16. The molecule has 4 nitrogen and oxygen atoms in total. The Morgan fingerprint density at radius 3 is 1.77 bits per heavy atom. The van der Waals surface area contributed by atoms with Crippen LogP contribution in [0.15, 0.2) is 18.2 Å². The molecule has 1 unspecified atom stereocenters. The lowest BCUT2D eigenvalue weighted by atomic mass is 10.1. The zero-order valence-corrected chi connectivity index (χ0v) is 7.68. The van der Waals surface area contributed by atoms with E-state index in [4.69, 9.17) is 10.2 Å². The van der Waals surface area contributed by atoms with Crippen LogP contribution in [-0.2, 0) is 0 Å². The highest BCUT2D eigenvalue weighted by molar-refractivity contribution is 7.28. The fourth-order valence-electron chi connectivity index (χ4n) is 0.938. The van der Waals surface area contributed by atoms with E-state index >= 15 is 0 Å². The smallest absolute Gasteiger partial charge is 0.336 e. The van der Waals surface area contributed by atoms with Gasteiger partial charge in [-0.15, -0.1) is 9.24 Å². The highest BCUT2D eigenvalue weighted by atomic mass is 31.0. The molecule has 0 saturated heterocycles. The summed E-state index contributed by atoms with van der Waals surface area (Å²) in [6.07, 6.45) is 0. The second-order valence-corrected chi connectivity index (χ2v) is 2.95. The van der Waals surface area contributed by atoms with Gasteiger partial charge in [0.2, 0.25) is 0 Å². The first-order valence-corrected chi connectivity index (χ1v) is 3.97. The van der Waals surface area contributed by atoms with Gasteiger partial charge in [0.05, 0.1) is 11.1 Å². The summed E-state index contributed by atoms with van der Waals surface area (Å²) >= 11 is 0. The molecule has 13 heavy (non-hydrogen) atoms. The third-order valence-corrected chi connectivity index (χ3v) is 2.19. The van der Waals surface area contributed by atoms with E-state index in [1.807, 2.05) is 0 Å². The molecule has 1 aromatic rings. The molecule has 0 spiro atoms. The molecule has 0 aliphatic heterocycles. The largest absolute Gasteiger partial charge is 0.478 e. The van der Waals surface area contributed by atoms with E-state index in [-0.39, 0.29) is 16.4 Å². The summed E-state index contributed by atoms with van der Waals surface area (Å²) in [6.45, 7) is 0. The molecule has 0 aromatic heterocycles. The van der Waals surface area contributed by atoms with Crippen molar-refractivity contribution in [3.05, 3.63) is 29.3 Å². The molecule has 0 fully saturated rings. The van der Waals surface area contributed by atoms with Crippen LogP contribution >= 0.6 is 9.24 Å². The monoisotopic (exact) mass is 198 g/mol. The summed E-state index contributed by atoms with van der Waals surface area (Å²) in [5, 5.41) is 17.5. The number of benzene rings is 1. The average Bonchev–Trinajstić information content (AvgIpc) is 2.03. The van der Waals surface area contributed by atoms with Gasteiger partial charge in [-0.1, -0.05) is 6.07 Å².